The third-order valence-corrected chi connectivity index (χ3v) is 2.92. The van der Waals surface area contributed by atoms with Gasteiger partial charge in [0.2, 0.25) is 5.69 Å². The molecule has 0 radical (unpaired) electrons. The molecule has 0 unspecified atom stereocenters. The number of ketones is 1. The fourth-order valence-electron chi connectivity index (χ4n) is 1.69. The lowest BCUT2D eigenvalue weighted by molar-refractivity contribution is 0.103. The summed E-state index contributed by atoms with van der Waals surface area (Å²) < 4.78 is 5.05. The number of carbonyl (C=O) groups is 1. The maximum atomic E-state index is 12.2. The highest BCUT2D eigenvalue weighted by atomic mass is 35.5. The maximum absolute atomic E-state index is 12.2. The lowest BCUT2D eigenvalue weighted by Crippen LogP contribution is -2.00. The molecule has 0 bridgehead atoms. The molecule has 94 valence electrons. The molecule has 0 N–H and O–H groups in total. The molecule has 0 aliphatic carbocycles. The predicted octanol–water partition coefficient (Wildman–Crippen LogP) is 4.13. The summed E-state index contributed by atoms with van der Waals surface area (Å²) in [5, 5.41) is 0.577. The summed E-state index contributed by atoms with van der Waals surface area (Å²) in [6, 6.07) is 11.4. The Morgan fingerprint density at radius 1 is 1.16 bits per heavy atom. The second-order valence-electron chi connectivity index (χ2n) is 3.83. The van der Waals surface area contributed by atoms with Crippen molar-refractivity contribution in [3.8, 4) is 5.75 Å². The van der Waals surface area contributed by atoms with Crippen molar-refractivity contribution >= 4 is 23.1 Å². The minimum Gasteiger partial charge on any atom is -0.508 e. The second-order valence-corrected chi connectivity index (χ2v) is 4.27. The van der Waals surface area contributed by atoms with Crippen molar-refractivity contribution in [2.75, 3.05) is 7.11 Å². The molecular weight excluding hydrogens is 261 g/mol. The molecule has 2 aromatic rings. The SMILES string of the molecule is COc1ccc(C(=O)c2ccc(Cl)cc2)cc1[N+]#[11C-]. The summed E-state index contributed by atoms with van der Waals surface area (Å²) in [5.74, 6) is 0.312. The summed E-state index contributed by atoms with van der Waals surface area (Å²) in [6.45, 7) is 7.07. The summed E-state index contributed by atoms with van der Waals surface area (Å²) in [5.41, 5.74) is 1.31. The number of carbonyl (C=O) groups excluding carboxylic acids is 1. The molecule has 19 heavy (non-hydrogen) atoms. The Balaban J connectivity index is 2.40. The highest BCUT2D eigenvalue weighted by molar-refractivity contribution is 6.30. The van der Waals surface area contributed by atoms with Gasteiger partial charge in [0.15, 0.2) is 5.78 Å². The van der Waals surface area contributed by atoms with E-state index in [4.69, 9.17) is 22.9 Å². The van der Waals surface area contributed by atoms with Crippen LogP contribution in [0.2, 0.25) is 5.02 Å². The van der Waals surface area contributed by atoms with Crippen molar-refractivity contribution in [2.45, 2.75) is 0 Å². The topological polar surface area (TPSA) is 30.7 Å². The van der Waals surface area contributed by atoms with Crippen molar-refractivity contribution in [3.63, 3.8) is 0 Å². The Morgan fingerprint density at radius 2 is 1.79 bits per heavy atom. The zero-order valence-corrected chi connectivity index (χ0v) is 10.9. The van der Waals surface area contributed by atoms with Crippen molar-refractivity contribution in [2.24, 2.45) is 0 Å². The minimum absolute atomic E-state index is 0.149. The van der Waals surface area contributed by atoms with Gasteiger partial charge in [-0.15, -0.1) is 0 Å². The molecule has 2 rings (SSSR count). The first-order valence-corrected chi connectivity index (χ1v) is 5.89. The molecule has 4 heteroatoms. The number of hydrogen-bond donors (Lipinski definition) is 0. The molecule has 3 nitrogen and oxygen atoms in total. The van der Waals surface area contributed by atoms with E-state index in [1.807, 2.05) is 0 Å². The highest BCUT2D eigenvalue weighted by Crippen LogP contribution is 2.29. The Hall–Kier alpha value is -2.31. The highest BCUT2D eigenvalue weighted by Gasteiger charge is 2.12. The number of rotatable bonds is 3. The van der Waals surface area contributed by atoms with Gasteiger partial charge in [-0.05, 0) is 42.5 Å². The largest absolute Gasteiger partial charge is 0.508 e. The van der Waals surface area contributed by atoms with E-state index in [0.29, 0.717) is 27.6 Å². The van der Waals surface area contributed by atoms with Crippen LogP contribution in [0.4, 0.5) is 5.69 Å². The van der Waals surface area contributed by atoms with Crippen LogP contribution in [-0.2, 0) is 0 Å². The Labute approximate surface area is 116 Å². The Kier molecular flexibility index (Phi) is 3.84. The van der Waals surface area contributed by atoms with Crippen LogP contribution in [0.5, 0.6) is 5.75 Å². The summed E-state index contributed by atoms with van der Waals surface area (Å²) in [4.78, 5) is 15.6. The fourth-order valence-corrected chi connectivity index (χ4v) is 1.81. The lowest BCUT2D eigenvalue weighted by atomic mass is 10.0. The standard InChI is InChI=1S/C15H10ClNO2/c1-17-13-9-11(5-8-14(13)19-2)15(18)10-3-6-12(16)7-4-10/h3-9H,2H3/i1-1. The van der Waals surface area contributed by atoms with Gasteiger partial charge in [-0.2, -0.15) is 0 Å². The number of ether oxygens (including phenoxy) is 1. The summed E-state index contributed by atoms with van der Waals surface area (Å²) >= 11 is 5.78. The molecule has 0 amide bonds. The van der Waals surface area contributed by atoms with Crippen molar-refractivity contribution < 1.29 is 9.53 Å². The van der Waals surface area contributed by atoms with E-state index in [0.717, 1.165) is 0 Å². The average Bonchev–Trinajstić information content (AvgIpc) is 2.46. The van der Waals surface area contributed by atoms with E-state index in [9.17, 15) is 4.79 Å². The van der Waals surface area contributed by atoms with Crippen molar-refractivity contribution in [1.29, 1.82) is 0 Å². The quantitative estimate of drug-likeness (QED) is 0.620. The molecule has 2 aromatic carbocycles. The van der Waals surface area contributed by atoms with Crippen molar-refractivity contribution in [1.82, 2.24) is 0 Å². The van der Waals surface area contributed by atoms with E-state index in [-0.39, 0.29) is 5.78 Å². The third kappa shape index (κ3) is 2.75. The van der Waals surface area contributed by atoms with E-state index >= 15 is 0 Å². The molecule has 0 fully saturated rings. The smallest absolute Gasteiger partial charge is 0.228 e. The van der Waals surface area contributed by atoms with Gasteiger partial charge in [-0.3, -0.25) is 4.79 Å². The molecule has 0 saturated carbocycles. The number of hydrogen-bond acceptors (Lipinski definition) is 2. The first-order chi connectivity index (χ1) is 9.15. The first kappa shape index (κ1) is 13.1. The molecule has 0 aliphatic rings. The molecule has 0 aliphatic heterocycles. The van der Waals surface area contributed by atoms with Gasteiger partial charge in [-0.25, -0.2) is 4.85 Å². The van der Waals surface area contributed by atoms with Gasteiger partial charge in [-0.1, -0.05) is 11.6 Å². The summed E-state index contributed by atoms with van der Waals surface area (Å²) in [7, 11) is 1.49. The van der Waals surface area contributed by atoms with E-state index < -0.39 is 0 Å². The molecule has 0 spiro atoms. The number of halogens is 1. The van der Waals surface area contributed by atoms with E-state index in [1.54, 1.807) is 36.4 Å². The van der Waals surface area contributed by atoms with Gasteiger partial charge in [0.25, 0.3) is 0 Å². The summed E-state index contributed by atoms with van der Waals surface area (Å²) in [6.07, 6.45) is 0. The monoisotopic (exact) mass is 270 g/mol. The van der Waals surface area contributed by atoms with Crippen LogP contribution in [0.3, 0.4) is 0 Å². The van der Waals surface area contributed by atoms with E-state index in [1.165, 1.54) is 13.2 Å². The van der Waals surface area contributed by atoms with Crippen LogP contribution in [0.25, 0.3) is 4.85 Å². The van der Waals surface area contributed by atoms with Gasteiger partial charge < -0.3 is 4.74 Å². The number of benzene rings is 2. The fraction of sp³-hybridized carbons (Fsp3) is 0.0667. The van der Waals surface area contributed by atoms with Crippen molar-refractivity contribution in [3.05, 3.63) is 70.0 Å². The molecule has 0 atom stereocenters. The Bertz CT molecular complexity index is 657. The van der Waals surface area contributed by atoms with E-state index in [2.05, 4.69) is 4.85 Å². The molecule has 0 aromatic heterocycles. The molecule has 0 heterocycles. The van der Waals surface area contributed by atoms with Crippen LogP contribution in [-0.4, -0.2) is 12.9 Å². The zero-order chi connectivity index (χ0) is 13.8. The average molecular weight is 271 g/mol. The third-order valence-electron chi connectivity index (χ3n) is 2.67. The predicted molar refractivity (Wildman–Crippen MR) is 74.1 cm³/mol. The van der Waals surface area contributed by atoms with Crippen LogP contribution in [0, 0.1) is 6.57 Å². The van der Waals surface area contributed by atoms with Gasteiger partial charge in [0.05, 0.1) is 13.7 Å². The van der Waals surface area contributed by atoms with Gasteiger partial charge in [0, 0.05) is 16.1 Å². The Morgan fingerprint density at radius 3 is 2.37 bits per heavy atom. The zero-order valence-electron chi connectivity index (χ0n) is 10.2. The number of nitrogens with zero attached hydrogens (tertiary/aromatic N) is 1. The normalized spacial score (nSPS) is 9.74. The van der Waals surface area contributed by atoms with Gasteiger partial charge >= 0.3 is 0 Å². The molecule has 0 saturated heterocycles. The maximum Gasteiger partial charge on any atom is 0.228 e. The lowest BCUT2D eigenvalue weighted by Gasteiger charge is -2.06. The molecular formula is C15H10ClNO2. The first-order valence-electron chi connectivity index (χ1n) is 5.51. The van der Waals surface area contributed by atoms with Crippen LogP contribution < -0.4 is 4.74 Å². The van der Waals surface area contributed by atoms with Crippen LogP contribution in [0.15, 0.2) is 42.5 Å². The minimum atomic E-state index is -0.149. The number of methoxy groups -OCH3 is 1. The van der Waals surface area contributed by atoms with Crippen LogP contribution in [0.1, 0.15) is 15.9 Å². The van der Waals surface area contributed by atoms with Gasteiger partial charge in [0.1, 0.15) is 5.75 Å². The second kappa shape index (κ2) is 5.55. The van der Waals surface area contributed by atoms with Crippen LogP contribution >= 0.6 is 11.6 Å².